The van der Waals surface area contributed by atoms with Gasteiger partial charge in [0.25, 0.3) is 5.91 Å². The van der Waals surface area contributed by atoms with E-state index in [2.05, 4.69) is 30.2 Å². The molecule has 2 aromatic heterocycles. The van der Waals surface area contributed by atoms with Crippen molar-refractivity contribution >= 4 is 39.5 Å². The SMILES string of the molecule is Cc1cc(C(C)NC(=O)c2sc(N(C)C)nc2N)c(C)s1. The van der Waals surface area contributed by atoms with Gasteiger partial charge in [0.2, 0.25) is 0 Å². The molecule has 0 aliphatic carbocycles. The summed E-state index contributed by atoms with van der Waals surface area (Å²) >= 11 is 3.04. The minimum Gasteiger partial charge on any atom is -0.382 e. The highest BCUT2D eigenvalue weighted by Gasteiger charge is 2.20. The molecule has 5 nitrogen and oxygen atoms in total. The Kier molecular flexibility index (Phi) is 4.53. The smallest absolute Gasteiger partial charge is 0.265 e. The average Bonchev–Trinajstić information content (AvgIpc) is 2.92. The molecule has 0 aliphatic rings. The molecule has 2 heterocycles. The summed E-state index contributed by atoms with van der Waals surface area (Å²) in [6, 6.07) is 2.07. The third kappa shape index (κ3) is 3.36. The number of hydrogen-bond donors (Lipinski definition) is 2. The maximum atomic E-state index is 12.4. The van der Waals surface area contributed by atoms with Crippen LogP contribution in [0.2, 0.25) is 0 Å². The Bertz CT molecular complexity index is 660. The first-order valence-electron chi connectivity index (χ1n) is 6.61. The van der Waals surface area contributed by atoms with Crippen LogP contribution in [0.3, 0.4) is 0 Å². The van der Waals surface area contributed by atoms with Gasteiger partial charge in [-0.3, -0.25) is 4.79 Å². The summed E-state index contributed by atoms with van der Waals surface area (Å²) in [5.41, 5.74) is 7.00. The van der Waals surface area contributed by atoms with Crippen molar-refractivity contribution < 1.29 is 4.79 Å². The second-order valence-electron chi connectivity index (χ2n) is 5.17. The zero-order valence-corrected chi connectivity index (χ0v) is 14.5. The van der Waals surface area contributed by atoms with Crippen LogP contribution in [0.25, 0.3) is 0 Å². The van der Waals surface area contributed by atoms with Gasteiger partial charge in [-0.15, -0.1) is 11.3 Å². The summed E-state index contributed by atoms with van der Waals surface area (Å²) in [7, 11) is 3.75. The second-order valence-corrected chi connectivity index (χ2v) is 7.61. The topological polar surface area (TPSA) is 71.2 Å². The van der Waals surface area contributed by atoms with Crippen molar-refractivity contribution in [1.29, 1.82) is 0 Å². The average molecular weight is 324 g/mol. The quantitative estimate of drug-likeness (QED) is 0.907. The summed E-state index contributed by atoms with van der Waals surface area (Å²) in [4.78, 5) is 21.3. The summed E-state index contributed by atoms with van der Waals surface area (Å²) in [6.45, 7) is 6.12. The van der Waals surface area contributed by atoms with Crippen LogP contribution >= 0.6 is 22.7 Å². The number of carbonyl (C=O) groups excluding carboxylic acids is 1. The second kappa shape index (κ2) is 6.03. The van der Waals surface area contributed by atoms with Crippen LogP contribution in [-0.2, 0) is 0 Å². The highest BCUT2D eigenvalue weighted by atomic mass is 32.1. The number of nitrogen functional groups attached to an aromatic ring is 1. The van der Waals surface area contributed by atoms with Crippen molar-refractivity contribution in [3.05, 3.63) is 26.3 Å². The fourth-order valence-electron chi connectivity index (χ4n) is 2.09. The maximum Gasteiger partial charge on any atom is 0.265 e. The normalized spacial score (nSPS) is 12.2. The number of thiazole rings is 1. The van der Waals surface area contributed by atoms with Gasteiger partial charge < -0.3 is 16.0 Å². The van der Waals surface area contributed by atoms with E-state index in [1.165, 1.54) is 21.1 Å². The Hall–Kier alpha value is -1.60. The lowest BCUT2D eigenvalue weighted by atomic mass is 10.1. The fraction of sp³-hybridized carbons (Fsp3) is 0.429. The fourth-order valence-corrected chi connectivity index (χ4v) is 3.93. The number of nitrogens with one attached hydrogen (secondary N) is 1. The van der Waals surface area contributed by atoms with Crippen LogP contribution in [0.4, 0.5) is 10.9 Å². The number of rotatable bonds is 4. The zero-order valence-electron chi connectivity index (χ0n) is 12.9. The van der Waals surface area contributed by atoms with Gasteiger partial charge in [-0.2, -0.15) is 0 Å². The van der Waals surface area contributed by atoms with E-state index in [9.17, 15) is 4.79 Å². The molecule has 0 fully saturated rings. The Morgan fingerprint density at radius 1 is 1.38 bits per heavy atom. The van der Waals surface area contributed by atoms with E-state index in [1.807, 2.05) is 25.9 Å². The number of aryl methyl sites for hydroxylation is 2. The number of hydrogen-bond acceptors (Lipinski definition) is 6. The molecule has 0 saturated heterocycles. The monoisotopic (exact) mass is 324 g/mol. The predicted molar refractivity (Wildman–Crippen MR) is 90.5 cm³/mol. The molecule has 3 N–H and O–H groups in total. The third-order valence-corrected chi connectivity index (χ3v) is 5.34. The minimum absolute atomic E-state index is 0.0493. The first-order chi connectivity index (χ1) is 9.79. The van der Waals surface area contributed by atoms with Crippen LogP contribution < -0.4 is 16.0 Å². The predicted octanol–water partition coefficient (Wildman–Crippen LogP) is 2.96. The number of amides is 1. The van der Waals surface area contributed by atoms with Crippen molar-refractivity contribution in [2.45, 2.75) is 26.8 Å². The molecule has 1 unspecified atom stereocenters. The molecule has 21 heavy (non-hydrogen) atoms. The Balaban J connectivity index is 2.16. The zero-order chi connectivity index (χ0) is 15.7. The first kappa shape index (κ1) is 15.8. The molecule has 2 aromatic rings. The van der Waals surface area contributed by atoms with E-state index in [0.29, 0.717) is 4.88 Å². The van der Waals surface area contributed by atoms with Gasteiger partial charge in [0, 0.05) is 23.8 Å². The lowest BCUT2D eigenvalue weighted by molar-refractivity contribution is 0.0944. The van der Waals surface area contributed by atoms with Crippen molar-refractivity contribution in [2.24, 2.45) is 0 Å². The minimum atomic E-state index is -0.172. The third-order valence-electron chi connectivity index (χ3n) is 3.12. The summed E-state index contributed by atoms with van der Waals surface area (Å²) < 4.78 is 0. The Morgan fingerprint density at radius 3 is 2.52 bits per heavy atom. The van der Waals surface area contributed by atoms with E-state index in [4.69, 9.17) is 5.73 Å². The van der Waals surface area contributed by atoms with Gasteiger partial charge >= 0.3 is 0 Å². The standard InChI is InChI=1S/C14H20N4OS2/c1-7-6-10(9(3)20-7)8(2)16-13(19)11-12(15)17-14(21-11)18(4)5/h6,8H,15H2,1-5H3,(H,16,19). The van der Waals surface area contributed by atoms with Gasteiger partial charge in [0.05, 0.1) is 6.04 Å². The molecule has 1 atom stereocenters. The van der Waals surface area contributed by atoms with Crippen LogP contribution in [0.1, 0.15) is 38.0 Å². The number of aromatic nitrogens is 1. The van der Waals surface area contributed by atoms with Gasteiger partial charge in [-0.05, 0) is 32.4 Å². The van der Waals surface area contributed by atoms with Crippen molar-refractivity contribution in [1.82, 2.24) is 10.3 Å². The molecule has 2 rings (SSSR count). The van der Waals surface area contributed by atoms with Crippen molar-refractivity contribution in [3.63, 3.8) is 0 Å². The summed E-state index contributed by atoms with van der Waals surface area (Å²) in [6.07, 6.45) is 0. The van der Waals surface area contributed by atoms with Crippen LogP contribution in [-0.4, -0.2) is 25.0 Å². The number of carbonyl (C=O) groups is 1. The van der Waals surface area contributed by atoms with Gasteiger partial charge in [0.1, 0.15) is 10.7 Å². The van der Waals surface area contributed by atoms with Crippen molar-refractivity contribution in [2.75, 3.05) is 24.7 Å². The lowest BCUT2D eigenvalue weighted by Gasteiger charge is -2.13. The van der Waals surface area contributed by atoms with E-state index < -0.39 is 0 Å². The number of anilines is 2. The Labute approximate surface area is 132 Å². The van der Waals surface area contributed by atoms with Crippen LogP contribution in [0, 0.1) is 13.8 Å². The van der Waals surface area contributed by atoms with Gasteiger partial charge in [-0.25, -0.2) is 4.98 Å². The number of nitrogens with zero attached hydrogens (tertiary/aromatic N) is 2. The van der Waals surface area contributed by atoms with Crippen LogP contribution in [0.5, 0.6) is 0 Å². The van der Waals surface area contributed by atoms with E-state index in [1.54, 1.807) is 11.3 Å². The number of nitrogens with two attached hydrogens (primary N) is 1. The maximum absolute atomic E-state index is 12.4. The largest absolute Gasteiger partial charge is 0.382 e. The molecule has 0 spiro atoms. The molecular formula is C14H20N4OS2. The molecule has 0 saturated carbocycles. The van der Waals surface area contributed by atoms with Crippen LogP contribution in [0.15, 0.2) is 6.07 Å². The highest BCUT2D eigenvalue weighted by molar-refractivity contribution is 7.18. The van der Waals surface area contributed by atoms with E-state index in [0.717, 1.165) is 10.7 Å². The van der Waals surface area contributed by atoms with E-state index in [-0.39, 0.29) is 17.8 Å². The molecule has 114 valence electrons. The molecule has 0 aliphatic heterocycles. The first-order valence-corrected chi connectivity index (χ1v) is 8.24. The van der Waals surface area contributed by atoms with Crippen molar-refractivity contribution in [3.8, 4) is 0 Å². The lowest BCUT2D eigenvalue weighted by Crippen LogP contribution is -2.26. The van der Waals surface area contributed by atoms with Gasteiger partial charge in [0.15, 0.2) is 5.13 Å². The van der Waals surface area contributed by atoms with E-state index >= 15 is 0 Å². The van der Waals surface area contributed by atoms with Gasteiger partial charge in [-0.1, -0.05) is 11.3 Å². The highest BCUT2D eigenvalue weighted by Crippen LogP contribution is 2.29. The Morgan fingerprint density at radius 2 is 2.05 bits per heavy atom. The molecule has 7 heteroatoms. The molecule has 1 amide bonds. The summed E-state index contributed by atoms with van der Waals surface area (Å²) in [5.74, 6) is 0.112. The molecule has 0 radical (unpaired) electrons. The summed E-state index contributed by atoms with van der Waals surface area (Å²) in [5, 5.41) is 3.73. The molecule has 0 bridgehead atoms. The number of thiophene rings is 1. The molecule has 0 aromatic carbocycles. The molecular weight excluding hydrogens is 304 g/mol.